The molecule has 3 N–H and O–H groups in total. The standard InChI is InChI=1S/C31H35N7O5S/c1-21-12-13-23-24(9-5-11-27(23)36-44(41,42)38-18-3-2-4-19-38)28(21)43-29-25(10-6-15-32-29)26-14-16-33-30(35-26)34-22-8-7-17-37(20-22)31(39)40/h5-6,9-16,22,36H,2-4,7-8,17-20H2,1H3,(H,39,40)(H,33,34,35)/t22-/m0/s1. The molecule has 2 fully saturated rings. The molecule has 0 bridgehead atoms. The fourth-order valence-electron chi connectivity index (χ4n) is 5.77. The molecule has 13 heteroatoms. The summed E-state index contributed by atoms with van der Waals surface area (Å²) in [4.78, 5) is 26.4. The number of aryl methyl sites for hydroxylation is 1. The molecule has 2 aromatic carbocycles. The van der Waals surface area contributed by atoms with Gasteiger partial charge in [-0.05, 0) is 62.4 Å². The zero-order valence-electron chi connectivity index (χ0n) is 24.4. The number of carbonyl (C=O) groups is 1. The van der Waals surface area contributed by atoms with Crippen LogP contribution in [0.5, 0.6) is 11.6 Å². The highest BCUT2D eigenvalue weighted by Crippen LogP contribution is 2.39. The predicted octanol–water partition coefficient (Wildman–Crippen LogP) is 5.49. The third-order valence-corrected chi connectivity index (χ3v) is 9.55. The van der Waals surface area contributed by atoms with Crippen LogP contribution in [0.4, 0.5) is 16.4 Å². The quantitative estimate of drug-likeness (QED) is 0.233. The summed E-state index contributed by atoms with van der Waals surface area (Å²) in [6.45, 7) is 3.83. The van der Waals surface area contributed by atoms with Gasteiger partial charge in [0.05, 0.1) is 16.9 Å². The van der Waals surface area contributed by atoms with Gasteiger partial charge in [-0.2, -0.15) is 12.7 Å². The molecule has 1 atom stereocenters. The molecular formula is C31H35N7O5S. The second kappa shape index (κ2) is 12.6. The molecule has 2 aliphatic heterocycles. The minimum atomic E-state index is -3.70. The number of hydrogen-bond acceptors (Lipinski definition) is 8. The Morgan fingerprint density at radius 3 is 2.61 bits per heavy atom. The molecule has 44 heavy (non-hydrogen) atoms. The molecule has 6 rings (SSSR count). The van der Waals surface area contributed by atoms with E-state index in [1.807, 2.05) is 31.2 Å². The number of amides is 1. The number of likely N-dealkylation sites (tertiary alicyclic amines) is 1. The number of fused-ring (bicyclic) bond motifs is 1. The summed E-state index contributed by atoms with van der Waals surface area (Å²) in [7, 11) is -3.70. The maximum atomic E-state index is 13.2. The summed E-state index contributed by atoms with van der Waals surface area (Å²) in [6, 6.07) is 14.6. The molecule has 0 radical (unpaired) electrons. The fraction of sp³-hybridized carbons (Fsp3) is 0.355. The maximum absolute atomic E-state index is 13.2. The lowest BCUT2D eigenvalue weighted by atomic mass is 10.0. The van der Waals surface area contributed by atoms with E-state index in [9.17, 15) is 18.3 Å². The first kappa shape index (κ1) is 29.6. The van der Waals surface area contributed by atoms with Crippen LogP contribution in [-0.4, -0.2) is 76.0 Å². The van der Waals surface area contributed by atoms with Crippen molar-refractivity contribution in [3.05, 3.63) is 66.5 Å². The number of aromatic nitrogens is 3. The minimum Gasteiger partial charge on any atom is -0.465 e. The van der Waals surface area contributed by atoms with Crippen molar-refractivity contribution in [2.24, 2.45) is 0 Å². The molecule has 2 aromatic heterocycles. The first-order valence-corrected chi connectivity index (χ1v) is 16.2. The summed E-state index contributed by atoms with van der Waals surface area (Å²) in [5.74, 6) is 1.29. The molecule has 0 saturated carbocycles. The average Bonchev–Trinajstić information content (AvgIpc) is 3.03. The van der Waals surface area contributed by atoms with Crippen LogP contribution in [0.15, 0.2) is 60.9 Å². The number of piperidine rings is 2. The van der Waals surface area contributed by atoms with Gasteiger partial charge in [-0.3, -0.25) is 4.72 Å². The second-order valence-electron chi connectivity index (χ2n) is 11.1. The topological polar surface area (TPSA) is 150 Å². The second-order valence-corrected chi connectivity index (χ2v) is 12.8. The number of benzene rings is 2. The molecule has 2 saturated heterocycles. The third-order valence-electron chi connectivity index (χ3n) is 8.03. The van der Waals surface area contributed by atoms with Gasteiger partial charge in [-0.25, -0.2) is 19.7 Å². The summed E-state index contributed by atoms with van der Waals surface area (Å²) >= 11 is 0. The van der Waals surface area contributed by atoms with Crippen molar-refractivity contribution in [3.8, 4) is 22.9 Å². The number of nitrogens with zero attached hydrogens (tertiary/aromatic N) is 5. The molecule has 4 heterocycles. The van der Waals surface area contributed by atoms with Gasteiger partial charge >= 0.3 is 16.3 Å². The number of hydrogen-bond donors (Lipinski definition) is 3. The van der Waals surface area contributed by atoms with Gasteiger partial charge in [0.1, 0.15) is 5.75 Å². The lowest BCUT2D eigenvalue weighted by Crippen LogP contribution is -2.44. The van der Waals surface area contributed by atoms with Crippen LogP contribution in [0, 0.1) is 6.92 Å². The molecule has 0 unspecified atom stereocenters. The van der Waals surface area contributed by atoms with Gasteiger partial charge in [0, 0.05) is 55.4 Å². The van der Waals surface area contributed by atoms with E-state index in [1.54, 1.807) is 36.7 Å². The van der Waals surface area contributed by atoms with Crippen molar-refractivity contribution in [1.29, 1.82) is 0 Å². The Balaban J connectivity index is 1.28. The van der Waals surface area contributed by atoms with E-state index < -0.39 is 16.3 Å². The highest BCUT2D eigenvalue weighted by Gasteiger charge is 2.26. The first-order valence-electron chi connectivity index (χ1n) is 14.8. The van der Waals surface area contributed by atoms with Gasteiger partial charge in [-0.1, -0.05) is 30.7 Å². The van der Waals surface area contributed by atoms with Crippen molar-refractivity contribution < 1.29 is 23.1 Å². The van der Waals surface area contributed by atoms with Gasteiger partial charge in [0.15, 0.2) is 0 Å². The number of nitrogens with one attached hydrogen (secondary N) is 2. The highest BCUT2D eigenvalue weighted by molar-refractivity contribution is 7.90. The molecule has 230 valence electrons. The largest absolute Gasteiger partial charge is 0.465 e. The number of rotatable bonds is 8. The van der Waals surface area contributed by atoms with E-state index in [-0.39, 0.29) is 6.04 Å². The van der Waals surface area contributed by atoms with E-state index >= 15 is 0 Å². The monoisotopic (exact) mass is 617 g/mol. The number of pyridine rings is 1. The summed E-state index contributed by atoms with van der Waals surface area (Å²) in [6.07, 6.45) is 6.67. The van der Waals surface area contributed by atoms with Gasteiger partial charge in [0.2, 0.25) is 11.8 Å². The molecule has 0 spiro atoms. The lowest BCUT2D eigenvalue weighted by molar-refractivity contribution is 0.132. The zero-order valence-corrected chi connectivity index (χ0v) is 25.3. The van der Waals surface area contributed by atoms with Crippen molar-refractivity contribution in [3.63, 3.8) is 0 Å². The first-order chi connectivity index (χ1) is 21.3. The Morgan fingerprint density at radius 2 is 1.80 bits per heavy atom. The van der Waals surface area contributed by atoms with E-state index in [1.165, 1.54) is 9.21 Å². The normalized spacial score (nSPS) is 17.8. The third kappa shape index (κ3) is 6.38. The number of ether oxygens (including phenoxy) is 1. The van der Waals surface area contributed by atoms with Crippen molar-refractivity contribution >= 4 is 38.7 Å². The summed E-state index contributed by atoms with van der Waals surface area (Å²) in [5, 5.41) is 14.1. The Hall–Kier alpha value is -4.49. The average molecular weight is 618 g/mol. The van der Waals surface area contributed by atoms with Crippen LogP contribution >= 0.6 is 0 Å². The Morgan fingerprint density at radius 1 is 0.955 bits per heavy atom. The lowest BCUT2D eigenvalue weighted by Gasteiger charge is -2.31. The Labute approximate surface area is 256 Å². The predicted molar refractivity (Wildman–Crippen MR) is 168 cm³/mol. The number of anilines is 2. The Kier molecular flexibility index (Phi) is 8.49. The fourth-order valence-corrected chi connectivity index (χ4v) is 7.09. The van der Waals surface area contributed by atoms with E-state index in [4.69, 9.17) is 9.72 Å². The van der Waals surface area contributed by atoms with Crippen LogP contribution in [0.1, 0.15) is 37.7 Å². The number of carboxylic acid groups (broad SMARTS) is 1. The van der Waals surface area contributed by atoms with E-state index in [0.717, 1.165) is 43.1 Å². The smallest absolute Gasteiger partial charge is 0.407 e. The molecular weight excluding hydrogens is 582 g/mol. The molecule has 12 nitrogen and oxygen atoms in total. The SMILES string of the molecule is Cc1ccc2c(NS(=O)(=O)N3CCCCC3)cccc2c1Oc1ncccc1-c1ccnc(N[C@H]2CCCN(C(=O)O)C2)n1. The summed E-state index contributed by atoms with van der Waals surface area (Å²) in [5.41, 5.74) is 2.57. The van der Waals surface area contributed by atoms with Gasteiger partial charge in [-0.15, -0.1) is 0 Å². The molecule has 0 aliphatic carbocycles. The van der Waals surface area contributed by atoms with Gasteiger partial charge < -0.3 is 20.1 Å². The van der Waals surface area contributed by atoms with E-state index in [0.29, 0.717) is 66.1 Å². The van der Waals surface area contributed by atoms with E-state index in [2.05, 4.69) is 20.0 Å². The molecule has 2 aliphatic rings. The van der Waals surface area contributed by atoms with Crippen LogP contribution < -0.4 is 14.8 Å². The minimum absolute atomic E-state index is 0.0976. The highest BCUT2D eigenvalue weighted by atomic mass is 32.2. The van der Waals surface area contributed by atoms with Crippen LogP contribution in [0.2, 0.25) is 0 Å². The Bertz CT molecular complexity index is 1780. The molecule has 1 amide bonds. The van der Waals surface area contributed by atoms with Crippen LogP contribution in [0.25, 0.3) is 22.0 Å². The van der Waals surface area contributed by atoms with Crippen molar-refractivity contribution in [1.82, 2.24) is 24.2 Å². The van der Waals surface area contributed by atoms with Crippen molar-refractivity contribution in [2.75, 3.05) is 36.2 Å². The van der Waals surface area contributed by atoms with Crippen LogP contribution in [0.3, 0.4) is 0 Å². The van der Waals surface area contributed by atoms with Crippen LogP contribution in [-0.2, 0) is 10.2 Å². The molecule has 4 aromatic rings. The van der Waals surface area contributed by atoms with Crippen molar-refractivity contribution in [2.45, 2.75) is 45.1 Å². The maximum Gasteiger partial charge on any atom is 0.407 e. The summed E-state index contributed by atoms with van der Waals surface area (Å²) < 4.78 is 37.1. The van der Waals surface area contributed by atoms with Gasteiger partial charge in [0.25, 0.3) is 0 Å². The zero-order chi connectivity index (χ0) is 30.7.